The number of hydrogen-bond acceptors (Lipinski definition) is 4. The number of aryl methyl sites for hydroxylation is 1. The monoisotopic (exact) mass is 237 g/mol. The Labute approximate surface area is 102 Å². The van der Waals surface area contributed by atoms with Gasteiger partial charge in [-0.3, -0.25) is 0 Å². The Morgan fingerprint density at radius 3 is 2.29 bits per heavy atom. The fraction of sp³-hybridized carbons (Fsp3) is 0.462. The van der Waals surface area contributed by atoms with Gasteiger partial charge in [0.25, 0.3) is 0 Å². The summed E-state index contributed by atoms with van der Waals surface area (Å²) in [7, 11) is 4.86. The largest absolute Gasteiger partial charge is 0.496 e. The van der Waals surface area contributed by atoms with E-state index in [4.69, 9.17) is 14.3 Å². The fourth-order valence-electron chi connectivity index (χ4n) is 1.72. The molecule has 1 aromatic rings. The molecule has 0 aliphatic rings. The molecule has 4 heteroatoms. The first-order valence-electron chi connectivity index (χ1n) is 5.40. The van der Waals surface area contributed by atoms with Gasteiger partial charge in [0.15, 0.2) is 0 Å². The van der Waals surface area contributed by atoms with Crippen LogP contribution in [0.25, 0.3) is 0 Å². The van der Waals surface area contributed by atoms with Gasteiger partial charge in [0.1, 0.15) is 18.6 Å². The second-order valence-electron chi connectivity index (χ2n) is 3.82. The van der Waals surface area contributed by atoms with Crippen LogP contribution >= 0.6 is 0 Å². The summed E-state index contributed by atoms with van der Waals surface area (Å²) < 4.78 is 10.7. The number of benzene rings is 1. The van der Waals surface area contributed by atoms with Gasteiger partial charge < -0.3 is 14.3 Å². The second kappa shape index (κ2) is 6.13. The van der Waals surface area contributed by atoms with Crippen molar-refractivity contribution in [1.29, 1.82) is 0 Å². The van der Waals surface area contributed by atoms with E-state index in [1.807, 2.05) is 26.0 Å². The molecule has 0 aromatic heterocycles. The van der Waals surface area contributed by atoms with Crippen LogP contribution in [0.15, 0.2) is 17.3 Å². The number of hydrogen-bond donors (Lipinski definition) is 0. The van der Waals surface area contributed by atoms with Gasteiger partial charge in [-0.2, -0.15) is 0 Å². The first-order valence-corrected chi connectivity index (χ1v) is 5.40. The van der Waals surface area contributed by atoms with E-state index in [9.17, 15) is 0 Å². The highest BCUT2D eigenvalue weighted by Gasteiger charge is 2.09. The number of methoxy groups -OCH3 is 2. The van der Waals surface area contributed by atoms with Crippen LogP contribution in [0.1, 0.15) is 18.1 Å². The molecule has 0 spiro atoms. The summed E-state index contributed by atoms with van der Waals surface area (Å²) in [5, 5.41) is 3.89. The molecule has 0 atom stereocenters. The van der Waals surface area contributed by atoms with Gasteiger partial charge in [-0.15, -0.1) is 0 Å². The fourth-order valence-corrected chi connectivity index (χ4v) is 1.72. The molecule has 0 aliphatic heterocycles. The van der Waals surface area contributed by atoms with E-state index in [2.05, 4.69) is 5.16 Å². The highest BCUT2D eigenvalue weighted by Crippen LogP contribution is 2.28. The Morgan fingerprint density at radius 2 is 1.76 bits per heavy atom. The molecular weight excluding hydrogens is 218 g/mol. The molecule has 17 heavy (non-hydrogen) atoms. The van der Waals surface area contributed by atoms with Crippen molar-refractivity contribution in [3.8, 4) is 11.5 Å². The van der Waals surface area contributed by atoms with E-state index in [1.165, 1.54) is 7.11 Å². The van der Waals surface area contributed by atoms with E-state index in [1.54, 1.807) is 14.2 Å². The number of oxime groups is 1. The summed E-state index contributed by atoms with van der Waals surface area (Å²) in [6.45, 7) is 3.90. The van der Waals surface area contributed by atoms with Gasteiger partial charge in [0, 0.05) is 12.0 Å². The van der Waals surface area contributed by atoms with Crippen LogP contribution in [0.4, 0.5) is 0 Å². The molecule has 0 bridgehead atoms. The Hall–Kier alpha value is -1.71. The maximum Gasteiger partial charge on any atom is 0.122 e. The topological polar surface area (TPSA) is 40.0 Å². The third-order valence-corrected chi connectivity index (χ3v) is 2.49. The molecule has 94 valence electrons. The zero-order valence-corrected chi connectivity index (χ0v) is 11.0. The first-order chi connectivity index (χ1) is 8.12. The van der Waals surface area contributed by atoms with Crippen molar-refractivity contribution >= 4 is 5.71 Å². The maximum atomic E-state index is 5.35. The molecule has 4 nitrogen and oxygen atoms in total. The van der Waals surface area contributed by atoms with Crippen LogP contribution in [0.3, 0.4) is 0 Å². The minimum absolute atomic E-state index is 0.674. The van der Waals surface area contributed by atoms with Crippen molar-refractivity contribution in [2.75, 3.05) is 21.3 Å². The average molecular weight is 237 g/mol. The smallest absolute Gasteiger partial charge is 0.122 e. The third-order valence-electron chi connectivity index (χ3n) is 2.49. The van der Waals surface area contributed by atoms with Crippen molar-refractivity contribution < 1.29 is 14.3 Å². The SMILES string of the molecule is CO/N=C(/C)Cc1cc(OC)c(C)cc1OC. The quantitative estimate of drug-likeness (QED) is 0.583. The molecule has 0 saturated heterocycles. The third kappa shape index (κ3) is 3.37. The Balaban J connectivity index is 3.08. The predicted octanol–water partition coefficient (Wildman–Crippen LogP) is 2.58. The minimum Gasteiger partial charge on any atom is -0.496 e. The van der Waals surface area contributed by atoms with E-state index in [0.717, 1.165) is 28.3 Å². The van der Waals surface area contributed by atoms with Gasteiger partial charge >= 0.3 is 0 Å². The molecule has 0 heterocycles. The van der Waals surface area contributed by atoms with Crippen LogP contribution in [-0.4, -0.2) is 27.0 Å². The van der Waals surface area contributed by atoms with Crippen molar-refractivity contribution in [2.24, 2.45) is 5.16 Å². The van der Waals surface area contributed by atoms with E-state index < -0.39 is 0 Å². The highest BCUT2D eigenvalue weighted by molar-refractivity contribution is 5.84. The van der Waals surface area contributed by atoms with Gasteiger partial charge in [-0.05, 0) is 31.5 Å². The van der Waals surface area contributed by atoms with Crippen LogP contribution in [0.5, 0.6) is 11.5 Å². The molecule has 1 aromatic carbocycles. The standard InChI is InChI=1S/C13H19NO3/c1-9-6-13(16-4)11(8-12(9)15-3)7-10(2)14-17-5/h6,8H,7H2,1-5H3/b14-10-. The molecule has 0 radical (unpaired) electrons. The molecular formula is C13H19NO3. The molecule has 1 rings (SSSR count). The van der Waals surface area contributed by atoms with Gasteiger partial charge in [0.05, 0.1) is 19.9 Å². The van der Waals surface area contributed by atoms with Crippen LogP contribution < -0.4 is 9.47 Å². The Bertz CT molecular complexity index is 413. The van der Waals surface area contributed by atoms with Crippen molar-refractivity contribution in [3.05, 3.63) is 23.3 Å². The summed E-state index contributed by atoms with van der Waals surface area (Å²) in [6.07, 6.45) is 0.674. The van der Waals surface area contributed by atoms with Crippen molar-refractivity contribution in [3.63, 3.8) is 0 Å². The highest BCUT2D eigenvalue weighted by atomic mass is 16.6. The molecule has 0 unspecified atom stereocenters. The van der Waals surface area contributed by atoms with Gasteiger partial charge in [-0.1, -0.05) is 5.16 Å². The molecule has 0 aliphatic carbocycles. The summed E-state index contributed by atoms with van der Waals surface area (Å²) in [5.74, 6) is 1.69. The molecule has 0 fully saturated rings. The van der Waals surface area contributed by atoms with Gasteiger partial charge in [-0.25, -0.2) is 0 Å². The van der Waals surface area contributed by atoms with Crippen LogP contribution in [0.2, 0.25) is 0 Å². The Morgan fingerprint density at radius 1 is 1.12 bits per heavy atom. The second-order valence-corrected chi connectivity index (χ2v) is 3.82. The zero-order chi connectivity index (χ0) is 12.8. The summed E-state index contributed by atoms with van der Waals surface area (Å²) in [6, 6.07) is 3.94. The van der Waals surface area contributed by atoms with E-state index in [0.29, 0.717) is 6.42 Å². The van der Waals surface area contributed by atoms with E-state index >= 15 is 0 Å². The Kier molecular flexibility index (Phi) is 4.82. The van der Waals surface area contributed by atoms with E-state index in [-0.39, 0.29) is 0 Å². The number of nitrogens with zero attached hydrogens (tertiary/aromatic N) is 1. The average Bonchev–Trinajstić information content (AvgIpc) is 2.31. The van der Waals surface area contributed by atoms with Crippen LogP contribution in [-0.2, 0) is 11.3 Å². The predicted molar refractivity (Wildman–Crippen MR) is 68.1 cm³/mol. The lowest BCUT2D eigenvalue weighted by molar-refractivity contribution is 0.212. The lowest BCUT2D eigenvalue weighted by Gasteiger charge is -2.12. The summed E-state index contributed by atoms with van der Waals surface area (Å²) >= 11 is 0. The van der Waals surface area contributed by atoms with Gasteiger partial charge in [0.2, 0.25) is 0 Å². The summed E-state index contributed by atoms with van der Waals surface area (Å²) in [5.41, 5.74) is 2.97. The minimum atomic E-state index is 0.674. The molecule has 0 saturated carbocycles. The molecule has 0 amide bonds. The zero-order valence-electron chi connectivity index (χ0n) is 11.0. The number of ether oxygens (including phenoxy) is 2. The van der Waals surface area contributed by atoms with Crippen molar-refractivity contribution in [1.82, 2.24) is 0 Å². The summed E-state index contributed by atoms with van der Waals surface area (Å²) in [4.78, 5) is 4.75. The lowest BCUT2D eigenvalue weighted by Crippen LogP contribution is -2.02. The lowest BCUT2D eigenvalue weighted by atomic mass is 10.0. The number of rotatable bonds is 5. The first kappa shape index (κ1) is 13.4. The normalized spacial score (nSPS) is 11.2. The maximum absolute atomic E-state index is 5.35. The molecule has 0 N–H and O–H groups in total. The van der Waals surface area contributed by atoms with Crippen molar-refractivity contribution in [2.45, 2.75) is 20.3 Å². The van der Waals surface area contributed by atoms with Crippen LogP contribution in [0, 0.1) is 6.92 Å².